The Balaban J connectivity index is 2.37. The van der Waals surface area contributed by atoms with Crippen LogP contribution in [0.4, 0.5) is 0 Å². The van der Waals surface area contributed by atoms with Crippen molar-refractivity contribution in [3.8, 4) is 5.75 Å². The number of amides is 1. The molecule has 0 aliphatic rings. The Hall–Kier alpha value is -2.23. The number of hydrogen-bond donors (Lipinski definition) is 2. The van der Waals surface area contributed by atoms with Crippen LogP contribution in [0, 0.1) is 0 Å². The summed E-state index contributed by atoms with van der Waals surface area (Å²) in [5.41, 5.74) is 1.35. The van der Waals surface area contributed by atoms with Gasteiger partial charge in [-0.3, -0.25) is 4.79 Å². The fourth-order valence-corrected chi connectivity index (χ4v) is 1.68. The van der Waals surface area contributed by atoms with Gasteiger partial charge >= 0.3 is 0 Å². The number of benzene rings is 1. The zero-order chi connectivity index (χ0) is 12.3. The number of carbonyl (C=O) groups is 1. The second-order valence-electron chi connectivity index (χ2n) is 3.61. The zero-order valence-electron chi connectivity index (χ0n) is 9.62. The quantitative estimate of drug-likeness (QED) is 0.790. The first-order valence-corrected chi connectivity index (χ1v) is 5.31. The molecular weight excluding hydrogens is 216 g/mol. The van der Waals surface area contributed by atoms with Crippen LogP contribution in [0.25, 0.3) is 10.9 Å². The van der Waals surface area contributed by atoms with Crippen molar-refractivity contribution in [2.45, 2.75) is 0 Å². The maximum Gasteiger partial charge on any atom is 0.267 e. The number of ether oxygens (including phenoxy) is 1. The molecule has 0 saturated heterocycles. The Morgan fingerprint density at radius 3 is 3.12 bits per heavy atom. The van der Waals surface area contributed by atoms with E-state index in [2.05, 4.69) is 16.9 Å². The van der Waals surface area contributed by atoms with Gasteiger partial charge in [-0.05, 0) is 12.1 Å². The van der Waals surface area contributed by atoms with Gasteiger partial charge in [0.2, 0.25) is 0 Å². The summed E-state index contributed by atoms with van der Waals surface area (Å²) in [6, 6.07) is 7.47. The van der Waals surface area contributed by atoms with Gasteiger partial charge in [-0.2, -0.15) is 0 Å². The molecule has 2 N–H and O–H groups in total. The molecule has 0 fully saturated rings. The molecule has 0 saturated carbocycles. The van der Waals surface area contributed by atoms with Crippen molar-refractivity contribution in [2.75, 3.05) is 13.7 Å². The molecule has 0 unspecified atom stereocenters. The van der Waals surface area contributed by atoms with Crippen molar-refractivity contribution in [3.63, 3.8) is 0 Å². The minimum Gasteiger partial charge on any atom is -0.495 e. The number of fused-ring (bicyclic) bond motifs is 1. The normalized spacial score (nSPS) is 10.2. The average molecular weight is 230 g/mol. The summed E-state index contributed by atoms with van der Waals surface area (Å²) < 4.78 is 5.22. The van der Waals surface area contributed by atoms with Crippen LogP contribution in [0.15, 0.2) is 36.9 Å². The highest BCUT2D eigenvalue weighted by Gasteiger charge is 2.10. The monoisotopic (exact) mass is 230 g/mol. The number of rotatable bonds is 4. The van der Waals surface area contributed by atoms with E-state index in [1.54, 1.807) is 19.3 Å². The highest BCUT2D eigenvalue weighted by atomic mass is 16.5. The van der Waals surface area contributed by atoms with Crippen molar-refractivity contribution in [3.05, 3.63) is 42.6 Å². The second-order valence-corrected chi connectivity index (χ2v) is 3.61. The van der Waals surface area contributed by atoms with Crippen molar-refractivity contribution in [1.82, 2.24) is 10.3 Å². The van der Waals surface area contributed by atoms with Gasteiger partial charge in [0.15, 0.2) is 0 Å². The lowest BCUT2D eigenvalue weighted by Crippen LogP contribution is -2.23. The number of carbonyl (C=O) groups excluding carboxylic acids is 1. The SMILES string of the molecule is C=CCNC(=O)c1cc2cccc(OC)c2[nH]1. The molecule has 1 aromatic heterocycles. The molecule has 2 aromatic rings. The molecule has 1 aromatic carbocycles. The third-order valence-corrected chi connectivity index (χ3v) is 2.49. The Labute approximate surface area is 99.3 Å². The van der Waals surface area contributed by atoms with Crippen molar-refractivity contribution < 1.29 is 9.53 Å². The molecule has 0 spiro atoms. The molecule has 4 nitrogen and oxygen atoms in total. The van der Waals surface area contributed by atoms with Crippen LogP contribution in [0.2, 0.25) is 0 Å². The van der Waals surface area contributed by atoms with Crippen LogP contribution >= 0.6 is 0 Å². The first kappa shape index (κ1) is 11.3. The summed E-state index contributed by atoms with van der Waals surface area (Å²) in [5, 5.41) is 3.67. The summed E-state index contributed by atoms with van der Waals surface area (Å²) in [7, 11) is 1.60. The first-order chi connectivity index (χ1) is 8.26. The van der Waals surface area contributed by atoms with Crippen molar-refractivity contribution >= 4 is 16.8 Å². The van der Waals surface area contributed by atoms with Crippen LogP contribution in [-0.2, 0) is 0 Å². The van der Waals surface area contributed by atoms with E-state index in [0.29, 0.717) is 12.2 Å². The van der Waals surface area contributed by atoms with Crippen molar-refractivity contribution in [2.24, 2.45) is 0 Å². The Kier molecular flexibility index (Phi) is 3.14. The highest BCUT2D eigenvalue weighted by Crippen LogP contribution is 2.25. The van der Waals surface area contributed by atoms with Gasteiger partial charge in [0.25, 0.3) is 5.91 Å². The molecule has 0 atom stereocenters. The lowest BCUT2D eigenvalue weighted by Gasteiger charge is -2.00. The van der Waals surface area contributed by atoms with Gasteiger partial charge in [-0.15, -0.1) is 6.58 Å². The minimum atomic E-state index is -0.150. The van der Waals surface area contributed by atoms with Gasteiger partial charge in [0.05, 0.1) is 12.6 Å². The van der Waals surface area contributed by atoms with E-state index in [0.717, 1.165) is 16.7 Å². The number of aromatic amines is 1. The Morgan fingerprint density at radius 2 is 2.41 bits per heavy atom. The molecule has 88 valence electrons. The molecule has 0 aliphatic carbocycles. The predicted molar refractivity (Wildman–Crippen MR) is 67.4 cm³/mol. The van der Waals surface area contributed by atoms with E-state index < -0.39 is 0 Å². The second kappa shape index (κ2) is 4.74. The fourth-order valence-electron chi connectivity index (χ4n) is 1.68. The third-order valence-electron chi connectivity index (χ3n) is 2.49. The van der Waals surface area contributed by atoms with E-state index in [1.807, 2.05) is 18.2 Å². The number of aromatic nitrogens is 1. The molecule has 1 amide bonds. The molecular formula is C13H14N2O2. The zero-order valence-corrected chi connectivity index (χ0v) is 9.62. The molecule has 17 heavy (non-hydrogen) atoms. The summed E-state index contributed by atoms with van der Waals surface area (Å²) in [6.07, 6.45) is 1.64. The standard InChI is InChI=1S/C13H14N2O2/c1-3-7-14-13(16)10-8-9-5-4-6-11(17-2)12(9)15-10/h3-6,8,15H,1,7H2,2H3,(H,14,16). The van der Waals surface area contributed by atoms with Crippen LogP contribution < -0.4 is 10.1 Å². The Bertz CT molecular complexity index is 558. The van der Waals surface area contributed by atoms with E-state index >= 15 is 0 Å². The van der Waals surface area contributed by atoms with Crippen LogP contribution in [0.1, 0.15) is 10.5 Å². The van der Waals surface area contributed by atoms with Crippen LogP contribution in [0.5, 0.6) is 5.75 Å². The fraction of sp³-hybridized carbons (Fsp3) is 0.154. The predicted octanol–water partition coefficient (Wildman–Crippen LogP) is 2.09. The summed E-state index contributed by atoms with van der Waals surface area (Å²) >= 11 is 0. The summed E-state index contributed by atoms with van der Waals surface area (Å²) in [5.74, 6) is 0.577. The molecule has 4 heteroatoms. The maximum atomic E-state index is 11.7. The van der Waals surface area contributed by atoms with E-state index in [4.69, 9.17) is 4.74 Å². The first-order valence-electron chi connectivity index (χ1n) is 5.31. The Morgan fingerprint density at radius 1 is 1.59 bits per heavy atom. The van der Waals surface area contributed by atoms with Gasteiger partial charge in [0.1, 0.15) is 11.4 Å². The maximum absolute atomic E-state index is 11.7. The molecule has 0 bridgehead atoms. The van der Waals surface area contributed by atoms with Gasteiger partial charge in [-0.1, -0.05) is 18.2 Å². The largest absolute Gasteiger partial charge is 0.495 e. The van der Waals surface area contributed by atoms with E-state index in [9.17, 15) is 4.79 Å². The molecule has 0 radical (unpaired) electrons. The van der Waals surface area contributed by atoms with Gasteiger partial charge in [-0.25, -0.2) is 0 Å². The average Bonchev–Trinajstić information content (AvgIpc) is 2.79. The summed E-state index contributed by atoms with van der Waals surface area (Å²) in [6.45, 7) is 4.00. The number of nitrogens with one attached hydrogen (secondary N) is 2. The van der Waals surface area contributed by atoms with Gasteiger partial charge < -0.3 is 15.0 Å². The molecule has 1 heterocycles. The molecule has 0 aliphatic heterocycles. The number of para-hydroxylation sites is 1. The smallest absolute Gasteiger partial charge is 0.267 e. The summed E-state index contributed by atoms with van der Waals surface area (Å²) in [4.78, 5) is 14.8. The lowest BCUT2D eigenvalue weighted by molar-refractivity contribution is 0.0954. The molecule has 2 rings (SSSR count). The lowest BCUT2D eigenvalue weighted by atomic mass is 10.2. The third kappa shape index (κ3) is 2.15. The number of methoxy groups -OCH3 is 1. The van der Waals surface area contributed by atoms with Crippen LogP contribution in [-0.4, -0.2) is 24.5 Å². The number of hydrogen-bond acceptors (Lipinski definition) is 2. The van der Waals surface area contributed by atoms with Gasteiger partial charge in [0, 0.05) is 11.9 Å². The van der Waals surface area contributed by atoms with Crippen molar-refractivity contribution in [1.29, 1.82) is 0 Å². The minimum absolute atomic E-state index is 0.150. The van der Waals surface area contributed by atoms with E-state index in [1.165, 1.54) is 0 Å². The van der Waals surface area contributed by atoms with Crippen LogP contribution in [0.3, 0.4) is 0 Å². The van der Waals surface area contributed by atoms with E-state index in [-0.39, 0.29) is 5.91 Å². The highest BCUT2D eigenvalue weighted by molar-refractivity contribution is 5.99. The number of H-pyrrole nitrogens is 1. The topological polar surface area (TPSA) is 54.1 Å².